The zero-order chi connectivity index (χ0) is 17.5. The number of halogens is 1. The average Bonchev–Trinajstić information content (AvgIpc) is 3.06. The number of aromatic nitrogens is 2. The Bertz CT molecular complexity index is 1110. The van der Waals surface area contributed by atoms with Crippen LogP contribution in [0.1, 0.15) is 11.1 Å². The van der Waals surface area contributed by atoms with Gasteiger partial charge >= 0.3 is 0 Å². The summed E-state index contributed by atoms with van der Waals surface area (Å²) >= 11 is 3.60. The lowest BCUT2D eigenvalue weighted by Gasteiger charge is -2.11. The third-order valence-corrected chi connectivity index (χ3v) is 5.27. The van der Waals surface area contributed by atoms with Gasteiger partial charge in [-0.15, -0.1) is 0 Å². The molecule has 4 aromatic rings. The molecule has 1 heterocycles. The molecule has 0 atom stereocenters. The van der Waals surface area contributed by atoms with E-state index in [1.165, 1.54) is 16.7 Å². The summed E-state index contributed by atoms with van der Waals surface area (Å²) in [6, 6.07) is 27.0. The normalized spacial score (nSPS) is 11.9. The molecule has 1 aromatic heterocycles. The molecule has 3 aromatic carbocycles. The van der Waals surface area contributed by atoms with Crippen molar-refractivity contribution in [1.29, 1.82) is 0 Å². The number of hydrogen-bond acceptors (Lipinski definition) is 2. The van der Waals surface area contributed by atoms with E-state index in [0.29, 0.717) is 0 Å². The first-order valence-corrected chi connectivity index (χ1v) is 9.39. The van der Waals surface area contributed by atoms with Gasteiger partial charge in [-0.3, -0.25) is 0 Å². The fraction of sp³-hybridized carbons (Fsp3) is 0.0435. The van der Waals surface area contributed by atoms with E-state index in [2.05, 4.69) is 70.5 Å². The summed E-state index contributed by atoms with van der Waals surface area (Å²) in [7, 11) is 0. The van der Waals surface area contributed by atoms with Crippen LogP contribution >= 0.6 is 15.9 Å². The lowest BCUT2D eigenvalue weighted by molar-refractivity contribution is 1.13. The first kappa shape index (κ1) is 15.5. The topological polar surface area (TPSA) is 25.8 Å². The molecule has 0 radical (unpaired) electrons. The Labute approximate surface area is 160 Å². The second kappa shape index (κ2) is 6.19. The molecule has 0 N–H and O–H groups in total. The molecular formula is C23H15BrN2. The third kappa shape index (κ3) is 2.56. The Balaban J connectivity index is 1.80. The minimum absolute atomic E-state index is 0.774. The van der Waals surface area contributed by atoms with Crippen LogP contribution < -0.4 is 0 Å². The first-order chi connectivity index (χ1) is 12.8. The highest BCUT2D eigenvalue weighted by atomic mass is 79.9. The van der Waals surface area contributed by atoms with Crippen LogP contribution in [0.4, 0.5) is 0 Å². The van der Waals surface area contributed by atoms with E-state index in [1.54, 1.807) is 0 Å². The quantitative estimate of drug-likeness (QED) is 0.356. The number of rotatable bonds is 2. The predicted octanol–water partition coefficient (Wildman–Crippen LogP) is 6.14. The summed E-state index contributed by atoms with van der Waals surface area (Å²) in [4.78, 5) is 9.93. The Hall–Kier alpha value is -2.78. The number of fused-ring (bicyclic) bond motifs is 3. The van der Waals surface area contributed by atoms with E-state index in [-0.39, 0.29) is 0 Å². The lowest BCUT2D eigenvalue weighted by Crippen LogP contribution is -1.99. The van der Waals surface area contributed by atoms with Crippen LogP contribution in [0, 0.1) is 0 Å². The average molecular weight is 399 g/mol. The fourth-order valence-corrected chi connectivity index (χ4v) is 3.90. The van der Waals surface area contributed by atoms with Crippen molar-refractivity contribution in [3.63, 3.8) is 0 Å². The van der Waals surface area contributed by atoms with E-state index >= 15 is 0 Å². The van der Waals surface area contributed by atoms with Crippen molar-refractivity contribution in [2.45, 2.75) is 6.42 Å². The molecule has 0 spiro atoms. The summed E-state index contributed by atoms with van der Waals surface area (Å²) in [6.07, 6.45) is 0.872. The van der Waals surface area contributed by atoms with Crippen LogP contribution in [-0.2, 0) is 6.42 Å². The van der Waals surface area contributed by atoms with Gasteiger partial charge in [-0.25, -0.2) is 9.97 Å². The van der Waals surface area contributed by atoms with Crippen LogP contribution in [0.25, 0.3) is 33.9 Å². The monoisotopic (exact) mass is 398 g/mol. The summed E-state index contributed by atoms with van der Waals surface area (Å²) in [5, 5.41) is 0. The molecule has 0 fully saturated rings. The van der Waals surface area contributed by atoms with Crippen molar-refractivity contribution in [3.8, 4) is 33.9 Å². The smallest absolute Gasteiger partial charge is 0.160 e. The van der Waals surface area contributed by atoms with Crippen molar-refractivity contribution >= 4 is 15.9 Å². The maximum atomic E-state index is 4.97. The maximum absolute atomic E-state index is 4.97. The summed E-state index contributed by atoms with van der Waals surface area (Å²) in [5.41, 5.74) is 7.97. The highest BCUT2D eigenvalue weighted by Gasteiger charge is 2.25. The molecule has 1 aliphatic carbocycles. The zero-order valence-electron chi connectivity index (χ0n) is 14.0. The van der Waals surface area contributed by atoms with Gasteiger partial charge in [0.15, 0.2) is 5.82 Å². The minimum Gasteiger partial charge on any atom is -0.228 e. The van der Waals surface area contributed by atoms with E-state index in [9.17, 15) is 0 Å². The summed E-state index contributed by atoms with van der Waals surface area (Å²) < 4.78 is 1.07. The van der Waals surface area contributed by atoms with E-state index < -0.39 is 0 Å². The van der Waals surface area contributed by atoms with Crippen molar-refractivity contribution in [2.24, 2.45) is 0 Å². The van der Waals surface area contributed by atoms with Gasteiger partial charge in [-0.1, -0.05) is 82.7 Å². The van der Waals surface area contributed by atoms with Crippen molar-refractivity contribution in [1.82, 2.24) is 9.97 Å². The van der Waals surface area contributed by atoms with Crippen molar-refractivity contribution in [2.75, 3.05) is 0 Å². The Morgan fingerprint density at radius 3 is 2.08 bits per heavy atom. The maximum Gasteiger partial charge on any atom is 0.160 e. The molecule has 0 saturated heterocycles. The van der Waals surface area contributed by atoms with Gasteiger partial charge in [0.05, 0.1) is 11.4 Å². The lowest BCUT2D eigenvalue weighted by atomic mass is 10.0. The second-order valence-corrected chi connectivity index (χ2v) is 7.35. The Morgan fingerprint density at radius 1 is 0.692 bits per heavy atom. The van der Waals surface area contributed by atoms with Gasteiger partial charge in [0.25, 0.3) is 0 Å². The van der Waals surface area contributed by atoms with E-state index in [1.807, 2.05) is 24.3 Å². The van der Waals surface area contributed by atoms with Gasteiger partial charge in [0, 0.05) is 33.1 Å². The molecule has 2 nitrogen and oxygen atoms in total. The largest absolute Gasteiger partial charge is 0.228 e. The van der Waals surface area contributed by atoms with Gasteiger partial charge in [0.1, 0.15) is 0 Å². The van der Waals surface area contributed by atoms with Gasteiger partial charge in [-0.2, -0.15) is 0 Å². The van der Waals surface area contributed by atoms with Crippen molar-refractivity contribution < 1.29 is 0 Å². The molecule has 0 bridgehead atoms. The van der Waals surface area contributed by atoms with Gasteiger partial charge in [-0.05, 0) is 17.7 Å². The van der Waals surface area contributed by atoms with Crippen LogP contribution in [0.3, 0.4) is 0 Å². The first-order valence-electron chi connectivity index (χ1n) is 8.60. The number of hydrogen-bond donors (Lipinski definition) is 0. The van der Waals surface area contributed by atoms with E-state index in [0.717, 1.165) is 39.2 Å². The fourth-order valence-electron chi connectivity index (χ4n) is 3.54. The van der Waals surface area contributed by atoms with Crippen LogP contribution in [0.2, 0.25) is 0 Å². The third-order valence-electron chi connectivity index (χ3n) is 4.78. The molecular weight excluding hydrogens is 384 g/mol. The van der Waals surface area contributed by atoms with E-state index in [4.69, 9.17) is 9.97 Å². The molecule has 0 aliphatic heterocycles. The van der Waals surface area contributed by atoms with Gasteiger partial charge < -0.3 is 0 Å². The SMILES string of the molecule is Brc1ccc2c(c1)-c1nc(-c3ccccc3)nc(-c3ccccc3)c1C2. The van der Waals surface area contributed by atoms with Crippen molar-refractivity contribution in [3.05, 3.63) is 94.5 Å². The molecule has 124 valence electrons. The Kier molecular flexibility index (Phi) is 3.68. The molecule has 0 saturated carbocycles. The molecule has 1 aliphatic rings. The van der Waals surface area contributed by atoms with Crippen LogP contribution in [0.15, 0.2) is 83.3 Å². The zero-order valence-corrected chi connectivity index (χ0v) is 15.6. The number of nitrogens with zero attached hydrogens (tertiary/aromatic N) is 2. The molecule has 26 heavy (non-hydrogen) atoms. The summed E-state index contributed by atoms with van der Waals surface area (Å²) in [6.45, 7) is 0. The molecule has 3 heteroatoms. The highest BCUT2D eigenvalue weighted by Crippen LogP contribution is 2.41. The standard InChI is InChI=1S/C23H15BrN2/c24-18-12-11-17-13-20-21(15-7-3-1-4-8-15)25-23(16-9-5-2-6-10-16)26-22(20)19(17)14-18/h1-12,14H,13H2. The van der Waals surface area contributed by atoms with Crippen LogP contribution in [0.5, 0.6) is 0 Å². The summed E-state index contributed by atoms with van der Waals surface area (Å²) in [5.74, 6) is 0.774. The minimum atomic E-state index is 0.774. The predicted molar refractivity (Wildman–Crippen MR) is 109 cm³/mol. The van der Waals surface area contributed by atoms with Crippen LogP contribution in [-0.4, -0.2) is 9.97 Å². The molecule has 0 amide bonds. The molecule has 0 unspecified atom stereocenters. The van der Waals surface area contributed by atoms with Gasteiger partial charge in [0.2, 0.25) is 0 Å². The molecule has 5 rings (SSSR count). The highest BCUT2D eigenvalue weighted by molar-refractivity contribution is 9.10. The Morgan fingerprint density at radius 2 is 1.35 bits per heavy atom. The second-order valence-electron chi connectivity index (χ2n) is 6.43. The number of benzene rings is 3.